The first-order valence-electron chi connectivity index (χ1n) is 5.20. The summed E-state index contributed by atoms with van der Waals surface area (Å²) < 4.78 is 0. The molecule has 0 saturated heterocycles. The van der Waals surface area contributed by atoms with Crippen LogP contribution in [0.1, 0.15) is 46.5 Å². The van der Waals surface area contributed by atoms with E-state index in [4.69, 9.17) is 0 Å². The van der Waals surface area contributed by atoms with Gasteiger partial charge in [0.05, 0.1) is 6.10 Å². The zero-order valence-corrected chi connectivity index (χ0v) is 8.84. The van der Waals surface area contributed by atoms with Gasteiger partial charge in [0.2, 0.25) is 0 Å². The zero-order valence-electron chi connectivity index (χ0n) is 8.84. The minimum Gasteiger partial charge on any atom is -0.393 e. The molecular weight excluding hydrogens is 164 g/mol. The van der Waals surface area contributed by atoms with Gasteiger partial charge < -0.3 is 5.11 Å². The van der Waals surface area contributed by atoms with Gasteiger partial charge in [0.25, 0.3) is 0 Å². The number of hydrogen-bond acceptors (Lipinski definition) is 2. The van der Waals surface area contributed by atoms with Crippen molar-refractivity contribution in [1.29, 1.82) is 0 Å². The van der Waals surface area contributed by atoms with E-state index >= 15 is 0 Å². The summed E-state index contributed by atoms with van der Waals surface area (Å²) in [5, 5.41) is 9.71. The molecule has 0 amide bonds. The van der Waals surface area contributed by atoms with E-state index in [1.54, 1.807) is 0 Å². The van der Waals surface area contributed by atoms with E-state index in [9.17, 15) is 9.90 Å². The molecule has 0 spiro atoms. The topological polar surface area (TPSA) is 37.3 Å². The molecule has 1 rings (SSSR count). The summed E-state index contributed by atoms with van der Waals surface area (Å²) in [6.45, 7) is 6.06. The number of Topliss-reactive ketones (excluding diaryl/α,β-unsaturated/α-hetero) is 1. The SMILES string of the molecule is CCC1CC(=O)CCC1(C)C(C)O. The van der Waals surface area contributed by atoms with Gasteiger partial charge in [0, 0.05) is 12.8 Å². The lowest BCUT2D eigenvalue weighted by Crippen LogP contribution is -2.42. The van der Waals surface area contributed by atoms with Crippen molar-refractivity contribution in [2.45, 2.75) is 52.6 Å². The Balaban J connectivity index is 2.78. The van der Waals surface area contributed by atoms with Crippen LogP contribution in [0.2, 0.25) is 0 Å². The summed E-state index contributed by atoms with van der Waals surface area (Å²) in [7, 11) is 0. The van der Waals surface area contributed by atoms with Gasteiger partial charge in [-0.25, -0.2) is 0 Å². The molecule has 13 heavy (non-hydrogen) atoms. The molecular formula is C11H20O2. The molecule has 0 radical (unpaired) electrons. The maximum absolute atomic E-state index is 11.3. The molecule has 1 N–H and O–H groups in total. The molecule has 0 aromatic carbocycles. The predicted octanol–water partition coefficient (Wildman–Crippen LogP) is 2.15. The summed E-state index contributed by atoms with van der Waals surface area (Å²) in [5.41, 5.74) is -0.0390. The third kappa shape index (κ3) is 1.93. The van der Waals surface area contributed by atoms with Gasteiger partial charge in [-0.1, -0.05) is 20.3 Å². The summed E-state index contributed by atoms with van der Waals surface area (Å²) in [6, 6.07) is 0. The third-order valence-corrected chi connectivity index (χ3v) is 3.80. The molecule has 0 bridgehead atoms. The Morgan fingerprint density at radius 3 is 2.77 bits per heavy atom. The maximum Gasteiger partial charge on any atom is 0.133 e. The van der Waals surface area contributed by atoms with Gasteiger partial charge in [0.1, 0.15) is 5.78 Å². The number of hydrogen-bond donors (Lipinski definition) is 1. The van der Waals surface area contributed by atoms with Crippen LogP contribution in [0.15, 0.2) is 0 Å². The highest BCUT2D eigenvalue weighted by molar-refractivity contribution is 5.79. The van der Waals surface area contributed by atoms with E-state index in [1.807, 2.05) is 6.92 Å². The lowest BCUT2D eigenvalue weighted by molar-refractivity contribution is -0.128. The van der Waals surface area contributed by atoms with Crippen LogP contribution < -0.4 is 0 Å². The number of rotatable bonds is 2. The van der Waals surface area contributed by atoms with Crippen LogP contribution in [0.25, 0.3) is 0 Å². The number of ketones is 1. The van der Waals surface area contributed by atoms with Crippen molar-refractivity contribution >= 4 is 5.78 Å². The average molecular weight is 184 g/mol. The monoisotopic (exact) mass is 184 g/mol. The van der Waals surface area contributed by atoms with E-state index in [2.05, 4.69) is 13.8 Å². The van der Waals surface area contributed by atoms with E-state index in [-0.39, 0.29) is 11.5 Å². The zero-order chi connectivity index (χ0) is 10.1. The van der Waals surface area contributed by atoms with Crippen LogP contribution in [0.3, 0.4) is 0 Å². The molecule has 76 valence electrons. The van der Waals surface area contributed by atoms with Gasteiger partial charge >= 0.3 is 0 Å². The van der Waals surface area contributed by atoms with Crippen molar-refractivity contribution in [2.75, 3.05) is 0 Å². The molecule has 0 aromatic rings. The van der Waals surface area contributed by atoms with Crippen LogP contribution in [-0.4, -0.2) is 17.0 Å². The van der Waals surface area contributed by atoms with Gasteiger partial charge in [-0.15, -0.1) is 0 Å². The first-order valence-corrected chi connectivity index (χ1v) is 5.20. The average Bonchev–Trinajstić information content (AvgIpc) is 2.09. The molecule has 0 aromatic heterocycles. The fraction of sp³-hybridized carbons (Fsp3) is 0.909. The molecule has 3 unspecified atom stereocenters. The van der Waals surface area contributed by atoms with E-state index in [0.29, 0.717) is 24.5 Å². The molecule has 2 nitrogen and oxygen atoms in total. The summed E-state index contributed by atoms with van der Waals surface area (Å²) in [6.07, 6.45) is 2.86. The highest BCUT2D eigenvalue weighted by Gasteiger charge is 2.41. The number of carbonyl (C=O) groups is 1. The van der Waals surface area contributed by atoms with Crippen LogP contribution in [0.4, 0.5) is 0 Å². The minimum absolute atomic E-state index is 0.0390. The first kappa shape index (κ1) is 10.7. The second-order valence-electron chi connectivity index (χ2n) is 4.53. The van der Waals surface area contributed by atoms with Crippen LogP contribution in [0.5, 0.6) is 0 Å². The van der Waals surface area contributed by atoms with E-state index < -0.39 is 0 Å². The molecule has 0 aliphatic heterocycles. The fourth-order valence-electron chi connectivity index (χ4n) is 2.38. The first-order chi connectivity index (χ1) is 6.00. The highest BCUT2D eigenvalue weighted by Crippen LogP contribution is 2.43. The van der Waals surface area contributed by atoms with Gasteiger partial charge in [-0.2, -0.15) is 0 Å². The smallest absolute Gasteiger partial charge is 0.133 e. The standard InChI is InChI=1S/C11H20O2/c1-4-9-7-10(13)5-6-11(9,3)8(2)12/h8-9,12H,4-7H2,1-3H3. The molecule has 3 atom stereocenters. The Hall–Kier alpha value is -0.370. The quantitative estimate of drug-likeness (QED) is 0.714. The normalized spacial score (nSPS) is 37.5. The molecule has 1 aliphatic rings. The highest BCUT2D eigenvalue weighted by atomic mass is 16.3. The third-order valence-electron chi connectivity index (χ3n) is 3.80. The minimum atomic E-state index is -0.300. The largest absolute Gasteiger partial charge is 0.393 e. The Labute approximate surface area is 80.3 Å². The Bertz CT molecular complexity index is 198. The van der Waals surface area contributed by atoms with Crippen molar-refractivity contribution in [2.24, 2.45) is 11.3 Å². The van der Waals surface area contributed by atoms with Gasteiger partial charge in [0.15, 0.2) is 0 Å². The van der Waals surface area contributed by atoms with Crippen molar-refractivity contribution < 1.29 is 9.90 Å². The van der Waals surface area contributed by atoms with Gasteiger partial charge in [-0.3, -0.25) is 4.79 Å². The van der Waals surface area contributed by atoms with Crippen molar-refractivity contribution in [1.82, 2.24) is 0 Å². The second-order valence-corrected chi connectivity index (χ2v) is 4.53. The van der Waals surface area contributed by atoms with Crippen molar-refractivity contribution in [3.8, 4) is 0 Å². The molecule has 2 heteroatoms. The summed E-state index contributed by atoms with van der Waals surface area (Å²) in [5.74, 6) is 0.735. The lowest BCUT2D eigenvalue weighted by atomic mass is 9.63. The molecule has 1 saturated carbocycles. The summed E-state index contributed by atoms with van der Waals surface area (Å²) in [4.78, 5) is 11.3. The maximum atomic E-state index is 11.3. The van der Waals surface area contributed by atoms with Crippen molar-refractivity contribution in [3.05, 3.63) is 0 Å². The number of aliphatic hydroxyl groups is 1. The van der Waals surface area contributed by atoms with E-state index in [0.717, 1.165) is 12.8 Å². The second kappa shape index (κ2) is 3.79. The van der Waals surface area contributed by atoms with Crippen LogP contribution >= 0.6 is 0 Å². The van der Waals surface area contributed by atoms with Crippen LogP contribution in [-0.2, 0) is 4.79 Å². The molecule has 0 heterocycles. The lowest BCUT2D eigenvalue weighted by Gasteiger charge is -2.42. The predicted molar refractivity (Wildman–Crippen MR) is 52.4 cm³/mol. The van der Waals surface area contributed by atoms with Crippen LogP contribution in [0, 0.1) is 11.3 Å². The Kier molecular flexibility index (Phi) is 3.12. The fourth-order valence-corrected chi connectivity index (χ4v) is 2.38. The van der Waals surface area contributed by atoms with Crippen molar-refractivity contribution in [3.63, 3.8) is 0 Å². The summed E-state index contributed by atoms with van der Waals surface area (Å²) >= 11 is 0. The number of carbonyl (C=O) groups excluding carboxylic acids is 1. The molecule has 1 fully saturated rings. The van der Waals surface area contributed by atoms with Gasteiger partial charge in [-0.05, 0) is 24.7 Å². The van der Waals surface area contributed by atoms with E-state index in [1.165, 1.54) is 0 Å². The Morgan fingerprint density at radius 1 is 1.69 bits per heavy atom. The Morgan fingerprint density at radius 2 is 2.31 bits per heavy atom. The number of aliphatic hydroxyl groups excluding tert-OH is 1. The molecule has 1 aliphatic carbocycles.